The normalized spacial score (nSPS) is 14.5. The number of carbonyl (C=O) groups excluding carboxylic acids is 1. The number of methoxy groups -OCH3 is 1. The lowest BCUT2D eigenvalue weighted by molar-refractivity contribution is -0.134. The van der Waals surface area contributed by atoms with Gasteiger partial charge in [-0.05, 0) is 24.7 Å². The molecule has 0 unspecified atom stereocenters. The van der Waals surface area contributed by atoms with E-state index in [1.54, 1.807) is 25.3 Å². The first kappa shape index (κ1) is 24.9. The zero-order valence-corrected chi connectivity index (χ0v) is 19.8. The fourth-order valence-electron chi connectivity index (χ4n) is 3.96. The van der Waals surface area contributed by atoms with Crippen molar-refractivity contribution < 1.29 is 13.9 Å². The molecule has 2 heterocycles. The van der Waals surface area contributed by atoms with E-state index in [0.717, 1.165) is 5.56 Å². The van der Waals surface area contributed by atoms with E-state index in [0.29, 0.717) is 48.6 Å². The highest BCUT2D eigenvalue weighted by molar-refractivity contribution is 6.31. The second-order valence-electron chi connectivity index (χ2n) is 7.64. The van der Waals surface area contributed by atoms with Crippen LogP contribution in [0.25, 0.3) is 10.9 Å². The molecule has 8 nitrogen and oxygen atoms in total. The molecule has 0 bridgehead atoms. The number of hydrogen-bond acceptors (Lipinski definition) is 7. The predicted molar refractivity (Wildman–Crippen MR) is 129 cm³/mol. The monoisotopic (exact) mass is 494 g/mol. The van der Waals surface area contributed by atoms with Gasteiger partial charge in [0.2, 0.25) is 5.91 Å². The van der Waals surface area contributed by atoms with Crippen molar-refractivity contribution in [1.82, 2.24) is 20.2 Å². The van der Waals surface area contributed by atoms with Crippen LogP contribution >= 0.6 is 24.0 Å². The molecule has 0 saturated carbocycles. The highest BCUT2D eigenvalue weighted by atomic mass is 35.5. The summed E-state index contributed by atoms with van der Waals surface area (Å²) in [5.41, 5.74) is 6.66. The first-order chi connectivity index (χ1) is 15.4. The SMILES string of the molecule is CCN(Cc1cc2c(Nc3cccc(Cl)c3F)ncnc2cc1OC)C1(C(N)=O)CNC1.Cl. The van der Waals surface area contributed by atoms with E-state index in [4.69, 9.17) is 22.1 Å². The van der Waals surface area contributed by atoms with E-state index in [1.165, 1.54) is 12.4 Å². The Kier molecular flexibility index (Phi) is 7.58. The van der Waals surface area contributed by atoms with E-state index in [2.05, 4.69) is 20.6 Å². The minimum atomic E-state index is -0.743. The third kappa shape index (κ3) is 4.54. The van der Waals surface area contributed by atoms with Crippen LogP contribution in [0, 0.1) is 5.82 Å². The van der Waals surface area contributed by atoms with E-state index >= 15 is 0 Å². The van der Waals surface area contributed by atoms with Gasteiger partial charge in [-0.1, -0.05) is 24.6 Å². The number of benzene rings is 2. The standard InChI is InChI=1S/C22H24ClFN6O2.ClH/c1-3-30(22(21(25)31)10-26-11-22)9-13-7-14-17(8-18(13)32-2)27-12-28-20(14)29-16-6-4-5-15(23)19(16)24;/h4-8,12,26H,3,9-11H2,1-2H3,(H2,25,31)(H,27,28,29);1H. The summed E-state index contributed by atoms with van der Waals surface area (Å²) in [6.45, 7) is 4.02. The summed E-state index contributed by atoms with van der Waals surface area (Å²) in [7, 11) is 1.58. The lowest BCUT2D eigenvalue weighted by atomic mass is 9.88. The number of amides is 1. The van der Waals surface area contributed by atoms with E-state index in [1.807, 2.05) is 17.9 Å². The zero-order valence-electron chi connectivity index (χ0n) is 18.2. The van der Waals surface area contributed by atoms with Gasteiger partial charge in [0, 0.05) is 36.7 Å². The Morgan fingerprint density at radius 2 is 2.12 bits per heavy atom. The summed E-state index contributed by atoms with van der Waals surface area (Å²) < 4.78 is 20.0. The molecule has 4 N–H and O–H groups in total. The van der Waals surface area contributed by atoms with Gasteiger partial charge in [-0.2, -0.15) is 0 Å². The van der Waals surface area contributed by atoms with Crippen molar-refractivity contribution >= 4 is 52.3 Å². The molecule has 11 heteroatoms. The lowest BCUT2D eigenvalue weighted by Crippen LogP contribution is -2.74. The molecular formula is C22H25Cl2FN6O2. The van der Waals surface area contributed by atoms with Crippen molar-refractivity contribution in [3.05, 3.63) is 53.1 Å². The highest BCUT2D eigenvalue weighted by Crippen LogP contribution is 2.33. The van der Waals surface area contributed by atoms with Gasteiger partial charge >= 0.3 is 0 Å². The Bertz CT molecular complexity index is 1180. The van der Waals surface area contributed by atoms with Crippen LogP contribution in [0.4, 0.5) is 15.9 Å². The Morgan fingerprint density at radius 1 is 1.36 bits per heavy atom. The van der Waals surface area contributed by atoms with Crippen molar-refractivity contribution in [3.8, 4) is 5.75 Å². The van der Waals surface area contributed by atoms with Crippen molar-refractivity contribution in [3.63, 3.8) is 0 Å². The number of nitrogens with two attached hydrogens (primary N) is 1. The number of aromatic nitrogens is 2. The maximum Gasteiger partial charge on any atom is 0.240 e. The highest BCUT2D eigenvalue weighted by Gasteiger charge is 2.47. The summed E-state index contributed by atoms with van der Waals surface area (Å²) >= 11 is 5.91. The average Bonchev–Trinajstić information content (AvgIpc) is 2.75. The van der Waals surface area contributed by atoms with Gasteiger partial charge in [0.05, 0.1) is 23.3 Å². The minimum absolute atomic E-state index is 0. The van der Waals surface area contributed by atoms with Crippen LogP contribution in [0.2, 0.25) is 5.02 Å². The molecule has 1 aliphatic rings. The van der Waals surface area contributed by atoms with Crippen LogP contribution in [0.1, 0.15) is 12.5 Å². The molecule has 1 amide bonds. The van der Waals surface area contributed by atoms with E-state index in [9.17, 15) is 9.18 Å². The zero-order chi connectivity index (χ0) is 22.9. The fourth-order valence-corrected chi connectivity index (χ4v) is 4.13. The molecule has 0 spiro atoms. The smallest absolute Gasteiger partial charge is 0.240 e. The van der Waals surface area contributed by atoms with Gasteiger partial charge in [0.15, 0.2) is 5.82 Å². The molecule has 176 valence electrons. The van der Waals surface area contributed by atoms with Crippen LogP contribution in [0.15, 0.2) is 36.7 Å². The van der Waals surface area contributed by atoms with E-state index in [-0.39, 0.29) is 29.0 Å². The number of likely N-dealkylation sites (N-methyl/N-ethyl adjacent to an activating group) is 1. The first-order valence-corrected chi connectivity index (χ1v) is 10.6. The number of rotatable bonds is 8. The average molecular weight is 495 g/mol. The summed E-state index contributed by atoms with van der Waals surface area (Å²) in [4.78, 5) is 22.9. The number of halogens is 3. The second kappa shape index (κ2) is 10.0. The lowest BCUT2D eigenvalue weighted by Gasteiger charge is -2.48. The van der Waals surface area contributed by atoms with Gasteiger partial charge < -0.3 is 21.1 Å². The maximum absolute atomic E-state index is 14.4. The van der Waals surface area contributed by atoms with Gasteiger partial charge in [-0.3, -0.25) is 9.69 Å². The topological polar surface area (TPSA) is 105 Å². The van der Waals surface area contributed by atoms with Gasteiger partial charge in [0.25, 0.3) is 0 Å². The molecule has 0 radical (unpaired) electrons. The molecular weight excluding hydrogens is 470 g/mol. The molecule has 33 heavy (non-hydrogen) atoms. The molecule has 3 aromatic rings. The van der Waals surface area contributed by atoms with E-state index < -0.39 is 11.4 Å². The number of anilines is 2. The van der Waals surface area contributed by atoms with Crippen LogP contribution in [-0.2, 0) is 11.3 Å². The minimum Gasteiger partial charge on any atom is -0.496 e. The Balaban J connectivity index is 0.00000306. The van der Waals surface area contributed by atoms with Crippen LogP contribution < -0.4 is 21.1 Å². The number of hydrogen-bond donors (Lipinski definition) is 3. The fraction of sp³-hybridized carbons (Fsp3) is 0.318. The molecule has 0 atom stereocenters. The predicted octanol–water partition coefficient (Wildman–Crippen LogP) is 3.25. The third-order valence-corrected chi connectivity index (χ3v) is 6.18. The van der Waals surface area contributed by atoms with Crippen LogP contribution in [0.5, 0.6) is 5.75 Å². The van der Waals surface area contributed by atoms with Crippen molar-refractivity contribution in [2.75, 3.05) is 32.1 Å². The summed E-state index contributed by atoms with van der Waals surface area (Å²) in [6.07, 6.45) is 1.40. The molecule has 1 fully saturated rings. The number of nitrogens with zero attached hydrogens (tertiary/aromatic N) is 3. The third-order valence-electron chi connectivity index (χ3n) is 5.88. The number of nitrogens with one attached hydrogen (secondary N) is 2. The Labute approximate surface area is 202 Å². The van der Waals surface area contributed by atoms with Gasteiger partial charge in [-0.15, -0.1) is 12.4 Å². The molecule has 1 aliphatic heterocycles. The van der Waals surface area contributed by atoms with Gasteiger partial charge in [0.1, 0.15) is 23.4 Å². The van der Waals surface area contributed by atoms with Crippen molar-refractivity contribution in [1.29, 1.82) is 0 Å². The summed E-state index contributed by atoms with van der Waals surface area (Å²) in [6, 6.07) is 8.41. The Morgan fingerprint density at radius 3 is 2.73 bits per heavy atom. The van der Waals surface area contributed by atoms with Gasteiger partial charge in [-0.25, -0.2) is 14.4 Å². The Hall–Kier alpha value is -2.72. The number of primary amides is 1. The largest absolute Gasteiger partial charge is 0.496 e. The molecule has 4 rings (SSSR count). The quantitative estimate of drug-likeness (QED) is 0.441. The summed E-state index contributed by atoms with van der Waals surface area (Å²) in [5, 5.41) is 6.84. The van der Waals surface area contributed by atoms with Crippen molar-refractivity contribution in [2.24, 2.45) is 5.73 Å². The molecule has 1 saturated heterocycles. The first-order valence-electron chi connectivity index (χ1n) is 10.2. The van der Waals surface area contributed by atoms with Crippen molar-refractivity contribution in [2.45, 2.75) is 19.0 Å². The van der Waals surface area contributed by atoms with Crippen LogP contribution in [0.3, 0.4) is 0 Å². The second-order valence-corrected chi connectivity index (χ2v) is 8.05. The number of fused-ring (bicyclic) bond motifs is 1. The maximum atomic E-state index is 14.4. The van der Waals surface area contributed by atoms with Crippen LogP contribution in [-0.4, -0.2) is 53.1 Å². The summed E-state index contributed by atoms with van der Waals surface area (Å²) in [5.74, 6) is 0.132. The number of ether oxygens (including phenoxy) is 1. The molecule has 2 aromatic carbocycles. The molecule has 1 aromatic heterocycles. The number of carbonyl (C=O) groups is 1. The molecule has 0 aliphatic carbocycles.